The lowest BCUT2D eigenvalue weighted by Crippen LogP contribution is -2.43. The van der Waals surface area contributed by atoms with Gasteiger partial charge in [0.25, 0.3) is 11.6 Å². The number of nitrogens with one attached hydrogen (secondary N) is 2. The lowest BCUT2D eigenvalue weighted by Gasteiger charge is -2.28. The fraction of sp³-hybridized carbons (Fsp3) is 0.368. The van der Waals surface area contributed by atoms with Crippen molar-refractivity contribution in [2.24, 2.45) is 0 Å². The van der Waals surface area contributed by atoms with E-state index in [1.165, 1.54) is 29.1 Å². The van der Waals surface area contributed by atoms with Crippen LogP contribution >= 0.6 is 11.3 Å². The molecule has 142 valence electrons. The maximum atomic E-state index is 12.2. The molecule has 0 bridgehead atoms. The van der Waals surface area contributed by atoms with Crippen molar-refractivity contribution in [3.8, 4) is 0 Å². The summed E-state index contributed by atoms with van der Waals surface area (Å²) in [4.78, 5) is 35.7. The maximum Gasteiger partial charge on any atom is 0.269 e. The van der Waals surface area contributed by atoms with Crippen molar-refractivity contribution >= 4 is 28.8 Å². The molecule has 2 aromatic rings. The predicted molar refractivity (Wildman–Crippen MR) is 103 cm³/mol. The van der Waals surface area contributed by atoms with Gasteiger partial charge in [0.15, 0.2) is 0 Å². The molecule has 1 aliphatic rings. The zero-order valence-corrected chi connectivity index (χ0v) is 15.6. The Balaban J connectivity index is 1.50. The third-order valence-electron chi connectivity index (χ3n) is 4.98. The van der Waals surface area contributed by atoms with E-state index in [-0.39, 0.29) is 29.1 Å². The van der Waals surface area contributed by atoms with Crippen LogP contribution in [0.25, 0.3) is 0 Å². The molecule has 0 spiro atoms. The van der Waals surface area contributed by atoms with Gasteiger partial charge in [-0.1, -0.05) is 18.9 Å². The monoisotopic (exact) mass is 387 g/mol. The van der Waals surface area contributed by atoms with Gasteiger partial charge in [0.05, 0.1) is 11.5 Å². The number of rotatable bonds is 7. The molecule has 1 heterocycles. The topological polar surface area (TPSA) is 101 Å². The molecule has 1 aromatic carbocycles. The van der Waals surface area contributed by atoms with Crippen LogP contribution in [0.3, 0.4) is 0 Å². The molecule has 7 nitrogen and oxygen atoms in total. The predicted octanol–water partition coefficient (Wildman–Crippen LogP) is 3.01. The average Bonchev–Trinajstić information content (AvgIpc) is 3.37. The molecule has 8 heteroatoms. The first-order chi connectivity index (χ1) is 13.0. The summed E-state index contributed by atoms with van der Waals surface area (Å²) in [5, 5.41) is 18.2. The lowest BCUT2D eigenvalue weighted by molar-refractivity contribution is -0.384. The van der Waals surface area contributed by atoms with Crippen LogP contribution in [0.1, 0.15) is 40.9 Å². The number of hydrogen-bond acceptors (Lipinski definition) is 5. The number of amides is 2. The Kier molecular flexibility index (Phi) is 5.85. The summed E-state index contributed by atoms with van der Waals surface area (Å²) in [7, 11) is 0. The van der Waals surface area contributed by atoms with Gasteiger partial charge in [0.2, 0.25) is 5.91 Å². The number of nitro benzene ring substituents is 1. The number of hydrogen-bond donors (Lipinski definition) is 2. The fourth-order valence-corrected chi connectivity index (χ4v) is 4.46. The molecule has 0 saturated heterocycles. The Morgan fingerprint density at radius 3 is 2.41 bits per heavy atom. The number of carbonyl (C=O) groups excluding carboxylic acids is 2. The largest absolute Gasteiger partial charge is 0.354 e. The number of benzene rings is 1. The number of nitro groups is 1. The van der Waals surface area contributed by atoms with Gasteiger partial charge in [0, 0.05) is 34.5 Å². The minimum Gasteiger partial charge on any atom is -0.354 e. The highest BCUT2D eigenvalue weighted by Gasteiger charge is 2.36. The number of nitrogens with zero attached hydrogens (tertiary/aromatic N) is 1. The summed E-state index contributed by atoms with van der Waals surface area (Å²) in [5.41, 5.74) is 0.200. The molecule has 0 aliphatic heterocycles. The smallest absolute Gasteiger partial charge is 0.269 e. The Hall–Kier alpha value is -2.74. The molecule has 0 unspecified atom stereocenters. The van der Waals surface area contributed by atoms with E-state index in [2.05, 4.69) is 22.1 Å². The fourth-order valence-electron chi connectivity index (χ4n) is 3.47. The second-order valence-corrected chi connectivity index (χ2v) is 7.68. The van der Waals surface area contributed by atoms with E-state index < -0.39 is 10.8 Å². The average molecular weight is 387 g/mol. The van der Waals surface area contributed by atoms with Crippen LogP contribution in [-0.4, -0.2) is 29.8 Å². The van der Waals surface area contributed by atoms with Gasteiger partial charge in [-0.25, -0.2) is 0 Å². The van der Waals surface area contributed by atoms with E-state index >= 15 is 0 Å². The Morgan fingerprint density at radius 1 is 1.11 bits per heavy atom. The molecule has 1 aromatic heterocycles. The first-order valence-corrected chi connectivity index (χ1v) is 9.71. The van der Waals surface area contributed by atoms with Gasteiger partial charge < -0.3 is 10.6 Å². The molecule has 1 aliphatic carbocycles. The second kappa shape index (κ2) is 8.30. The van der Waals surface area contributed by atoms with Crippen LogP contribution in [0, 0.1) is 10.1 Å². The van der Waals surface area contributed by atoms with E-state index in [1.54, 1.807) is 11.3 Å². The van der Waals surface area contributed by atoms with E-state index in [4.69, 9.17) is 0 Å². The zero-order valence-electron chi connectivity index (χ0n) is 14.8. The van der Waals surface area contributed by atoms with Crippen LogP contribution in [-0.2, 0) is 10.2 Å². The van der Waals surface area contributed by atoms with Crippen molar-refractivity contribution < 1.29 is 14.5 Å². The summed E-state index contributed by atoms with van der Waals surface area (Å²) in [6.07, 6.45) is 4.43. The van der Waals surface area contributed by atoms with E-state index in [0.29, 0.717) is 6.54 Å². The molecule has 0 atom stereocenters. The Morgan fingerprint density at radius 2 is 1.81 bits per heavy atom. The van der Waals surface area contributed by atoms with Gasteiger partial charge in [-0.3, -0.25) is 19.7 Å². The SMILES string of the molecule is O=C(CNC(=O)c1ccc([N+](=O)[O-])cc1)NCC1(c2cccs2)CCCC1. The Labute approximate surface area is 160 Å². The second-order valence-electron chi connectivity index (χ2n) is 6.73. The van der Waals surface area contributed by atoms with Crippen molar-refractivity contribution in [3.63, 3.8) is 0 Å². The summed E-state index contributed by atoms with van der Waals surface area (Å²) in [5.74, 6) is -0.679. The van der Waals surface area contributed by atoms with Crippen LogP contribution < -0.4 is 10.6 Å². The molecule has 1 fully saturated rings. The molecule has 2 N–H and O–H groups in total. The van der Waals surface area contributed by atoms with Gasteiger partial charge in [-0.05, 0) is 36.4 Å². The van der Waals surface area contributed by atoms with E-state index in [9.17, 15) is 19.7 Å². The lowest BCUT2D eigenvalue weighted by atomic mass is 9.84. The highest BCUT2D eigenvalue weighted by molar-refractivity contribution is 7.10. The molecule has 1 saturated carbocycles. The van der Waals surface area contributed by atoms with Gasteiger partial charge in [-0.15, -0.1) is 11.3 Å². The minimum atomic E-state index is -0.526. The number of thiophene rings is 1. The van der Waals surface area contributed by atoms with E-state index in [0.717, 1.165) is 25.7 Å². The molecular weight excluding hydrogens is 366 g/mol. The van der Waals surface area contributed by atoms with Gasteiger partial charge >= 0.3 is 0 Å². The van der Waals surface area contributed by atoms with Crippen molar-refractivity contribution in [2.75, 3.05) is 13.1 Å². The van der Waals surface area contributed by atoms with Crippen LogP contribution in [0.15, 0.2) is 41.8 Å². The molecule has 2 amide bonds. The van der Waals surface area contributed by atoms with Crippen molar-refractivity contribution in [1.29, 1.82) is 0 Å². The Bertz CT molecular complexity index is 812. The molecule has 3 rings (SSSR count). The number of carbonyl (C=O) groups is 2. The summed E-state index contributed by atoms with van der Waals surface area (Å²) < 4.78 is 0. The summed E-state index contributed by atoms with van der Waals surface area (Å²) in [6, 6.07) is 9.43. The number of non-ortho nitro benzene ring substituents is 1. The van der Waals surface area contributed by atoms with Gasteiger partial charge in [0.1, 0.15) is 0 Å². The van der Waals surface area contributed by atoms with Crippen LogP contribution in [0.5, 0.6) is 0 Å². The van der Waals surface area contributed by atoms with Crippen LogP contribution in [0.2, 0.25) is 0 Å². The first kappa shape index (κ1) is 19.0. The molecule has 27 heavy (non-hydrogen) atoms. The maximum absolute atomic E-state index is 12.2. The highest BCUT2D eigenvalue weighted by atomic mass is 32.1. The third kappa shape index (κ3) is 4.51. The van der Waals surface area contributed by atoms with Crippen molar-refractivity contribution in [3.05, 3.63) is 62.3 Å². The normalized spacial score (nSPS) is 15.3. The molecule has 0 radical (unpaired) electrons. The van der Waals surface area contributed by atoms with Crippen molar-refractivity contribution in [2.45, 2.75) is 31.1 Å². The standard InChI is InChI=1S/C19H21N3O4S/c23-17(12-20-18(24)14-5-7-15(8-6-14)22(25)26)21-13-19(9-1-2-10-19)16-4-3-11-27-16/h3-8,11H,1-2,9-10,12-13H2,(H,20,24)(H,21,23). The first-order valence-electron chi connectivity index (χ1n) is 8.83. The summed E-state index contributed by atoms with van der Waals surface area (Å²) in [6.45, 7) is 0.441. The minimum absolute atomic E-state index is 0.00615. The van der Waals surface area contributed by atoms with Crippen molar-refractivity contribution in [1.82, 2.24) is 10.6 Å². The quantitative estimate of drug-likeness (QED) is 0.563. The zero-order chi connectivity index (χ0) is 19.3. The van der Waals surface area contributed by atoms with Crippen LogP contribution in [0.4, 0.5) is 5.69 Å². The molecular formula is C19H21N3O4S. The van der Waals surface area contributed by atoms with E-state index in [1.807, 2.05) is 6.07 Å². The highest BCUT2D eigenvalue weighted by Crippen LogP contribution is 2.42. The third-order valence-corrected chi connectivity index (χ3v) is 6.09. The summed E-state index contributed by atoms with van der Waals surface area (Å²) >= 11 is 1.72. The van der Waals surface area contributed by atoms with Gasteiger partial charge in [-0.2, -0.15) is 0 Å².